The molecule has 1 aromatic carbocycles. The number of carbonyl (C=O) groups excluding carboxylic acids is 2. The average Bonchev–Trinajstić information content (AvgIpc) is 2.62. The standard InChI is InChI=1S/C18H28N4O3/c1-4-19-18(24)20-17(23)13-21-8-10-22(11-9-21)14(2)15-6-5-7-16(12-15)25-3/h5-7,12,14H,4,8-11,13H2,1-3H3,(H2,19,20,23,24). The molecule has 1 aliphatic heterocycles. The van der Waals surface area contributed by atoms with E-state index in [1.807, 2.05) is 19.1 Å². The maximum Gasteiger partial charge on any atom is 0.321 e. The summed E-state index contributed by atoms with van der Waals surface area (Å²) in [6.07, 6.45) is 0. The molecule has 0 bridgehead atoms. The number of benzene rings is 1. The van der Waals surface area contributed by atoms with Gasteiger partial charge in [0.05, 0.1) is 13.7 Å². The number of hydrogen-bond donors (Lipinski definition) is 2. The fourth-order valence-electron chi connectivity index (χ4n) is 2.99. The Morgan fingerprint density at radius 3 is 2.60 bits per heavy atom. The lowest BCUT2D eigenvalue weighted by atomic mass is 10.1. The highest BCUT2D eigenvalue weighted by atomic mass is 16.5. The summed E-state index contributed by atoms with van der Waals surface area (Å²) in [6, 6.07) is 7.99. The quantitative estimate of drug-likeness (QED) is 0.809. The molecule has 7 heteroatoms. The second-order valence-corrected chi connectivity index (χ2v) is 6.17. The number of piperazine rings is 1. The molecule has 1 atom stereocenters. The van der Waals surface area contributed by atoms with Crippen molar-refractivity contribution in [2.45, 2.75) is 19.9 Å². The first-order chi connectivity index (χ1) is 12.0. The second kappa shape index (κ2) is 9.39. The van der Waals surface area contributed by atoms with Crippen LogP contribution < -0.4 is 15.4 Å². The zero-order valence-electron chi connectivity index (χ0n) is 15.2. The van der Waals surface area contributed by atoms with E-state index >= 15 is 0 Å². The van der Waals surface area contributed by atoms with Crippen molar-refractivity contribution in [2.24, 2.45) is 0 Å². The van der Waals surface area contributed by atoms with Crippen LogP contribution in [0.25, 0.3) is 0 Å². The number of urea groups is 1. The minimum Gasteiger partial charge on any atom is -0.497 e. The van der Waals surface area contributed by atoms with Crippen LogP contribution in [-0.4, -0.2) is 68.1 Å². The van der Waals surface area contributed by atoms with Crippen molar-refractivity contribution in [3.05, 3.63) is 29.8 Å². The monoisotopic (exact) mass is 348 g/mol. The number of methoxy groups -OCH3 is 1. The van der Waals surface area contributed by atoms with Gasteiger partial charge in [0.15, 0.2) is 0 Å². The van der Waals surface area contributed by atoms with Crippen LogP contribution in [0.15, 0.2) is 24.3 Å². The largest absolute Gasteiger partial charge is 0.497 e. The Bertz CT molecular complexity index is 585. The molecule has 1 saturated heterocycles. The Labute approximate surface area is 149 Å². The smallest absolute Gasteiger partial charge is 0.321 e. The van der Waals surface area contributed by atoms with E-state index in [2.05, 4.69) is 39.5 Å². The van der Waals surface area contributed by atoms with Crippen molar-refractivity contribution in [3.8, 4) is 5.75 Å². The van der Waals surface area contributed by atoms with Gasteiger partial charge in [-0.25, -0.2) is 4.79 Å². The molecule has 1 aromatic rings. The molecule has 0 radical (unpaired) electrons. The summed E-state index contributed by atoms with van der Waals surface area (Å²) in [4.78, 5) is 27.7. The third-order valence-electron chi connectivity index (χ3n) is 4.49. The van der Waals surface area contributed by atoms with E-state index in [4.69, 9.17) is 4.74 Å². The van der Waals surface area contributed by atoms with Crippen LogP contribution in [0, 0.1) is 0 Å². The van der Waals surface area contributed by atoms with Gasteiger partial charge in [-0.1, -0.05) is 12.1 Å². The molecule has 0 saturated carbocycles. The molecular weight excluding hydrogens is 320 g/mol. The lowest BCUT2D eigenvalue weighted by Gasteiger charge is -2.38. The molecule has 1 aliphatic rings. The normalized spacial score (nSPS) is 16.9. The highest BCUT2D eigenvalue weighted by molar-refractivity contribution is 5.95. The van der Waals surface area contributed by atoms with Crippen molar-refractivity contribution in [3.63, 3.8) is 0 Å². The van der Waals surface area contributed by atoms with Crippen LogP contribution >= 0.6 is 0 Å². The van der Waals surface area contributed by atoms with Gasteiger partial charge in [0, 0.05) is 38.8 Å². The van der Waals surface area contributed by atoms with Gasteiger partial charge < -0.3 is 10.1 Å². The molecule has 3 amide bonds. The lowest BCUT2D eigenvalue weighted by molar-refractivity contribution is -0.121. The lowest BCUT2D eigenvalue weighted by Crippen LogP contribution is -2.51. The van der Waals surface area contributed by atoms with Gasteiger partial charge in [-0.05, 0) is 31.5 Å². The Morgan fingerprint density at radius 2 is 1.96 bits per heavy atom. The van der Waals surface area contributed by atoms with Gasteiger partial charge in [-0.15, -0.1) is 0 Å². The summed E-state index contributed by atoms with van der Waals surface area (Å²) in [6.45, 7) is 8.12. The number of nitrogens with one attached hydrogen (secondary N) is 2. The fourth-order valence-corrected chi connectivity index (χ4v) is 2.99. The van der Waals surface area contributed by atoms with Crippen LogP contribution in [-0.2, 0) is 4.79 Å². The summed E-state index contributed by atoms with van der Waals surface area (Å²) < 4.78 is 5.30. The number of nitrogens with zero attached hydrogens (tertiary/aromatic N) is 2. The summed E-state index contributed by atoms with van der Waals surface area (Å²) >= 11 is 0. The molecule has 0 aliphatic carbocycles. The molecule has 0 aromatic heterocycles. The highest BCUT2D eigenvalue weighted by Crippen LogP contribution is 2.24. The zero-order valence-corrected chi connectivity index (χ0v) is 15.2. The molecule has 0 spiro atoms. The minimum absolute atomic E-state index is 0.249. The molecule has 2 rings (SSSR count). The van der Waals surface area contributed by atoms with Crippen LogP contribution in [0.2, 0.25) is 0 Å². The van der Waals surface area contributed by atoms with E-state index in [0.717, 1.165) is 31.9 Å². The van der Waals surface area contributed by atoms with E-state index in [1.165, 1.54) is 5.56 Å². The summed E-state index contributed by atoms with van der Waals surface area (Å²) in [7, 11) is 1.67. The molecule has 7 nitrogen and oxygen atoms in total. The number of rotatable bonds is 6. The number of carbonyl (C=O) groups is 2. The molecular formula is C18H28N4O3. The van der Waals surface area contributed by atoms with Crippen LogP contribution in [0.3, 0.4) is 0 Å². The third kappa shape index (κ3) is 5.72. The first-order valence-electron chi connectivity index (χ1n) is 8.71. The van der Waals surface area contributed by atoms with E-state index in [-0.39, 0.29) is 12.5 Å². The van der Waals surface area contributed by atoms with E-state index in [9.17, 15) is 9.59 Å². The first kappa shape index (κ1) is 19.2. The fraction of sp³-hybridized carbons (Fsp3) is 0.556. The third-order valence-corrected chi connectivity index (χ3v) is 4.49. The van der Waals surface area contributed by atoms with E-state index in [0.29, 0.717) is 12.6 Å². The Kier molecular flexibility index (Phi) is 7.21. The number of ether oxygens (including phenoxy) is 1. The van der Waals surface area contributed by atoms with Gasteiger partial charge in [0.1, 0.15) is 5.75 Å². The Hall–Kier alpha value is -2.12. The number of hydrogen-bond acceptors (Lipinski definition) is 5. The van der Waals surface area contributed by atoms with Crippen molar-refractivity contribution >= 4 is 11.9 Å². The van der Waals surface area contributed by atoms with Crippen molar-refractivity contribution in [2.75, 3.05) is 46.4 Å². The molecule has 138 valence electrons. The summed E-state index contributed by atoms with van der Waals surface area (Å²) in [5.41, 5.74) is 1.22. The Morgan fingerprint density at radius 1 is 1.24 bits per heavy atom. The zero-order chi connectivity index (χ0) is 18.2. The van der Waals surface area contributed by atoms with Gasteiger partial charge in [0.25, 0.3) is 0 Å². The SMILES string of the molecule is CCNC(=O)NC(=O)CN1CCN(C(C)c2cccc(OC)c2)CC1. The highest BCUT2D eigenvalue weighted by Gasteiger charge is 2.23. The summed E-state index contributed by atoms with van der Waals surface area (Å²) in [5, 5.41) is 4.90. The van der Waals surface area contributed by atoms with Crippen LogP contribution in [0.5, 0.6) is 5.75 Å². The van der Waals surface area contributed by atoms with Crippen molar-refractivity contribution in [1.29, 1.82) is 0 Å². The topological polar surface area (TPSA) is 73.9 Å². The minimum atomic E-state index is -0.433. The van der Waals surface area contributed by atoms with Crippen molar-refractivity contribution < 1.29 is 14.3 Å². The maximum absolute atomic E-state index is 11.9. The number of amides is 3. The van der Waals surface area contributed by atoms with Crippen LogP contribution in [0.1, 0.15) is 25.5 Å². The molecule has 2 N–H and O–H groups in total. The average molecular weight is 348 g/mol. The van der Waals surface area contributed by atoms with Gasteiger partial charge in [-0.2, -0.15) is 0 Å². The first-order valence-corrected chi connectivity index (χ1v) is 8.71. The summed E-state index contributed by atoms with van der Waals surface area (Å²) in [5.74, 6) is 0.602. The molecule has 25 heavy (non-hydrogen) atoms. The Balaban J connectivity index is 1.80. The molecule has 1 unspecified atom stereocenters. The number of imide groups is 1. The van der Waals surface area contributed by atoms with Crippen molar-refractivity contribution in [1.82, 2.24) is 20.4 Å². The van der Waals surface area contributed by atoms with Gasteiger partial charge in [-0.3, -0.25) is 19.9 Å². The molecule has 1 heterocycles. The van der Waals surface area contributed by atoms with Crippen LogP contribution in [0.4, 0.5) is 4.79 Å². The van der Waals surface area contributed by atoms with E-state index in [1.54, 1.807) is 7.11 Å². The second-order valence-electron chi connectivity index (χ2n) is 6.17. The van der Waals surface area contributed by atoms with Gasteiger partial charge in [0.2, 0.25) is 5.91 Å². The predicted octanol–water partition coefficient (Wildman–Crippen LogP) is 1.22. The van der Waals surface area contributed by atoms with Gasteiger partial charge >= 0.3 is 6.03 Å². The van der Waals surface area contributed by atoms with E-state index < -0.39 is 6.03 Å². The molecule has 1 fully saturated rings. The predicted molar refractivity (Wildman–Crippen MR) is 96.6 cm³/mol. The maximum atomic E-state index is 11.9.